The fourth-order valence-corrected chi connectivity index (χ4v) is 3.08. The number of ether oxygens (including phenoxy) is 1. The first-order valence-electron chi connectivity index (χ1n) is 10.2. The fourth-order valence-electron chi connectivity index (χ4n) is 3.08. The van der Waals surface area contributed by atoms with Gasteiger partial charge in [0.15, 0.2) is 5.82 Å². The Morgan fingerprint density at radius 2 is 1.77 bits per heavy atom. The summed E-state index contributed by atoms with van der Waals surface area (Å²) < 4.78 is 7.12. The minimum atomic E-state index is -0.484. The molecule has 0 aliphatic carbocycles. The van der Waals surface area contributed by atoms with Crippen molar-refractivity contribution in [3.63, 3.8) is 0 Å². The lowest BCUT2D eigenvalue weighted by Crippen LogP contribution is -2.51. The SMILES string of the molecule is CC(C)(C)OC(=O)N1CCN(CCNC(=O)Nc2ccn(-c3ccccc3)n2)CC1. The lowest BCUT2D eigenvalue weighted by molar-refractivity contribution is 0.0147. The molecule has 0 bridgehead atoms. The molecule has 0 atom stereocenters. The van der Waals surface area contributed by atoms with Crippen LogP contribution in [0.25, 0.3) is 5.69 Å². The molecule has 2 heterocycles. The first kappa shape index (κ1) is 21.6. The van der Waals surface area contributed by atoms with Crippen molar-refractivity contribution in [3.05, 3.63) is 42.6 Å². The van der Waals surface area contributed by atoms with Gasteiger partial charge in [-0.15, -0.1) is 5.10 Å². The number of nitrogens with zero attached hydrogens (tertiary/aromatic N) is 4. The number of piperazine rings is 1. The molecular formula is C21H30N6O3. The Kier molecular flexibility index (Phi) is 6.94. The van der Waals surface area contributed by atoms with E-state index < -0.39 is 5.60 Å². The highest BCUT2D eigenvalue weighted by atomic mass is 16.6. The number of carbonyl (C=O) groups excluding carboxylic acids is 2. The molecule has 9 nitrogen and oxygen atoms in total. The van der Waals surface area contributed by atoms with Gasteiger partial charge in [-0.2, -0.15) is 0 Å². The summed E-state index contributed by atoms with van der Waals surface area (Å²) in [4.78, 5) is 28.2. The molecule has 1 saturated heterocycles. The zero-order chi connectivity index (χ0) is 21.6. The summed E-state index contributed by atoms with van der Waals surface area (Å²) >= 11 is 0. The summed E-state index contributed by atoms with van der Waals surface area (Å²) in [6.07, 6.45) is 1.53. The number of para-hydroxylation sites is 1. The molecule has 2 N–H and O–H groups in total. The smallest absolute Gasteiger partial charge is 0.410 e. The Hall–Kier alpha value is -3.07. The molecule has 2 aromatic rings. The van der Waals surface area contributed by atoms with Gasteiger partial charge in [0, 0.05) is 51.5 Å². The van der Waals surface area contributed by atoms with Crippen LogP contribution in [0.15, 0.2) is 42.6 Å². The van der Waals surface area contributed by atoms with Crippen LogP contribution in [0.5, 0.6) is 0 Å². The van der Waals surface area contributed by atoms with Gasteiger partial charge in [-0.1, -0.05) is 18.2 Å². The van der Waals surface area contributed by atoms with Gasteiger partial charge in [0.05, 0.1) is 5.69 Å². The second-order valence-corrected chi connectivity index (χ2v) is 8.17. The lowest BCUT2D eigenvalue weighted by Gasteiger charge is -2.35. The summed E-state index contributed by atoms with van der Waals surface area (Å²) in [5, 5.41) is 9.94. The van der Waals surface area contributed by atoms with Crippen molar-refractivity contribution < 1.29 is 14.3 Å². The van der Waals surface area contributed by atoms with Crippen molar-refractivity contribution in [3.8, 4) is 5.69 Å². The van der Waals surface area contributed by atoms with Crippen LogP contribution in [0.4, 0.5) is 15.4 Å². The molecule has 9 heteroatoms. The molecule has 162 valence electrons. The number of hydrogen-bond acceptors (Lipinski definition) is 5. The summed E-state index contributed by atoms with van der Waals surface area (Å²) in [6.45, 7) is 9.58. The highest BCUT2D eigenvalue weighted by molar-refractivity contribution is 5.88. The number of amides is 3. The molecule has 0 unspecified atom stereocenters. The second kappa shape index (κ2) is 9.62. The average Bonchev–Trinajstić information content (AvgIpc) is 3.16. The number of aromatic nitrogens is 2. The van der Waals surface area contributed by atoms with Crippen molar-refractivity contribution in [2.24, 2.45) is 0 Å². The van der Waals surface area contributed by atoms with Crippen LogP contribution in [-0.2, 0) is 4.74 Å². The Morgan fingerprint density at radius 1 is 1.07 bits per heavy atom. The van der Waals surface area contributed by atoms with Crippen molar-refractivity contribution >= 4 is 17.9 Å². The molecule has 0 radical (unpaired) electrons. The van der Waals surface area contributed by atoms with Gasteiger partial charge in [-0.25, -0.2) is 14.3 Å². The number of nitrogens with one attached hydrogen (secondary N) is 2. The predicted octanol–water partition coefficient (Wildman–Crippen LogP) is 2.55. The van der Waals surface area contributed by atoms with Gasteiger partial charge in [0.25, 0.3) is 0 Å². The zero-order valence-electron chi connectivity index (χ0n) is 17.8. The lowest BCUT2D eigenvalue weighted by atomic mass is 10.2. The van der Waals surface area contributed by atoms with Gasteiger partial charge in [-0.3, -0.25) is 10.2 Å². The molecule has 1 aromatic heterocycles. The van der Waals surface area contributed by atoms with Crippen LogP contribution >= 0.6 is 0 Å². The third-order valence-corrected chi connectivity index (χ3v) is 4.59. The number of hydrogen-bond donors (Lipinski definition) is 2. The van der Waals surface area contributed by atoms with E-state index in [9.17, 15) is 9.59 Å². The maximum atomic E-state index is 12.1. The number of benzene rings is 1. The van der Waals surface area contributed by atoms with Crippen LogP contribution in [0.3, 0.4) is 0 Å². The van der Waals surface area contributed by atoms with E-state index in [4.69, 9.17) is 4.74 Å². The summed E-state index contributed by atoms with van der Waals surface area (Å²) in [5.41, 5.74) is 0.444. The van der Waals surface area contributed by atoms with E-state index in [1.807, 2.05) is 51.1 Å². The summed E-state index contributed by atoms with van der Waals surface area (Å²) in [6, 6.07) is 11.2. The van der Waals surface area contributed by atoms with E-state index >= 15 is 0 Å². The topological polar surface area (TPSA) is 91.7 Å². The minimum Gasteiger partial charge on any atom is -0.444 e. The number of anilines is 1. The van der Waals surface area contributed by atoms with E-state index in [0.717, 1.165) is 18.8 Å². The molecule has 0 spiro atoms. The third kappa shape index (κ3) is 6.48. The Labute approximate surface area is 177 Å². The van der Waals surface area contributed by atoms with E-state index in [0.29, 0.717) is 32.0 Å². The normalized spacial score (nSPS) is 15.0. The molecule has 3 amide bonds. The number of rotatable bonds is 5. The highest BCUT2D eigenvalue weighted by Gasteiger charge is 2.25. The average molecular weight is 415 g/mol. The van der Waals surface area contributed by atoms with E-state index in [-0.39, 0.29) is 12.1 Å². The number of carbonyl (C=O) groups is 2. The first-order valence-corrected chi connectivity index (χ1v) is 10.2. The van der Waals surface area contributed by atoms with Crippen LogP contribution in [0, 0.1) is 0 Å². The highest BCUT2D eigenvalue weighted by Crippen LogP contribution is 2.12. The quantitative estimate of drug-likeness (QED) is 0.785. The molecular weight excluding hydrogens is 384 g/mol. The van der Waals surface area contributed by atoms with E-state index in [1.54, 1.807) is 21.8 Å². The minimum absolute atomic E-state index is 0.269. The fraction of sp³-hybridized carbons (Fsp3) is 0.476. The predicted molar refractivity (Wildman–Crippen MR) is 115 cm³/mol. The van der Waals surface area contributed by atoms with Gasteiger partial charge < -0.3 is 15.0 Å². The first-order chi connectivity index (χ1) is 14.3. The van der Waals surface area contributed by atoms with Crippen molar-refractivity contribution in [1.29, 1.82) is 0 Å². The molecule has 30 heavy (non-hydrogen) atoms. The zero-order valence-corrected chi connectivity index (χ0v) is 17.8. The monoisotopic (exact) mass is 414 g/mol. The van der Waals surface area contributed by atoms with Crippen molar-refractivity contribution in [2.75, 3.05) is 44.6 Å². The molecule has 1 aromatic carbocycles. The standard InChI is InChI=1S/C21H30N6O3/c1-21(2,3)30-20(29)26-15-13-25(14-16-26)12-10-22-19(28)23-18-9-11-27(24-18)17-7-5-4-6-8-17/h4-9,11H,10,12-16H2,1-3H3,(H2,22,23,24,28). The summed E-state index contributed by atoms with van der Waals surface area (Å²) in [7, 11) is 0. The van der Waals surface area contributed by atoms with E-state index in [1.165, 1.54) is 0 Å². The van der Waals surface area contributed by atoms with Gasteiger partial charge in [0.2, 0.25) is 0 Å². The molecule has 0 saturated carbocycles. The maximum absolute atomic E-state index is 12.1. The molecule has 1 aliphatic rings. The van der Waals surface area contributed by atoms with Crippen molar-refractivity contribution in [2.45, 2.75) is 26.4 Å². The molecule has 3 rings (SSSR count). The Bertz CT molecular complexity index is 838. The van der Waals surface area contributed by atoms with Crippen LogP contribution < -0.4 is 10.6 Å². The Balaban J connectivity index is 1.35. The molecule has 1 fully saturated rings. The van der Waals surface area contributed by atoms with Gasteiger partial charge in [0.1, 0.15) is 5.60 Å². The van der Waals surface area contributed by atoms with Crippen LogP contribution in [0.2, 0.25) is 0 Å². The summed E-state index contributed by atoms with van der Waals surface area (Å²) in [5.74, 6) is 0.488. The van der Waals surface area contributed by atoms with Crippen LogP contribution in [0.1, 0.15) is 20.8 Å². The number of urea groups is 1. The molecule has 1 aliphatic heterocycles. The van der Waals surface area contributed by atoms with Crippen molar-refractivity contribution in [1.82, 2.24) is 24.9 Å². The Morgan fingerprint density at radius 3 is 2.43 bits per heavy atom. The van der Waals surface area contributed by atoms with Gasteiger partial charge >= 0.3 is 12.1 Å². The van der Waals surface area contributed by atoms with E-state index in [2.05, 4.69) is 20.6 Å². The van der Waals surface area contributed by atoms with Gasteiger partial charge in [-0.05, 0) is 32.9 Å². The second-order valence-electron chi connectivity index (χ2n) is 8.17. The van der Waals surface area contributed by atoms with Crippen LogP contribution in [-0.4, -0.2) is 76.6 Å². The maximum Gasteiger partial charge on any atom is 0.410 e. The third-order valence-electron chi connectivity index (χ3n) is 4.59. The largest absolute Gasteiger partial charge is 0.444 e.